The number of rotatable bonds is 37. The summed E-state index contributed by atoms with van der Waals surface area (Å²) >= 11 is 0. The Morgan fingerprint density at radius 3 is 0.859 bits per heavy atom. The molecule has 0 aliphatic carbocycles. The van der Waals surface area contributed by atoms with E-state index in [1.54, 1.807) is 140 Å². The molecule has 0 aliphatic rings. The van der Waals surface area contributed by atoms with Crippen LogP contribution in [0.2, 0.25) is 0 Å². The Morgan fingerprint density at radius 2 is 0.538 bits per heavy atom. The van der Waals surface area contributed by atoms with E-state index in [-0.39, 0.29) is 11.1 Å². The van der Waals surface area contributed by atoms with Gasteiger partial charge in [-0.2, -0.15) is 0 Å². The Balaban J connectivity index is 0.850. The van der Waals surface area contributed by atoms with E-state index in [1.807, 2.05) is 6.07 Å². The summed E-state index contributed by atoms with van der Waals surface area (Å²) in [5.74, 6) is 0.496. The van der Waals surface area contributed by atoms with Crippen molar-refractivity contribution in [3.63, 3.8) is 0 Å². The zero-order valence-electron chi connectivity index (χ0n) is 46.3. The van der Waals surface area contributed by atoms with Crippen LogP contribution in [0.25, 0.3) is 11.1 Å². The molecule has 0 spiro atoms. The zero-order valence-corrected chi connectivity index (χ0v) is 46.3. The molecule has 10 nitrogen and oxygen atoms in total. The van der Waals surface area contributed by atoms with Gasteiger partial charge in [-0.25, -0.2) is 19.2 Å². The highest BCUT2D eigenvalue weighted by Gasteiger charge is 2.15. The van der Waals surface area contributed by atoms with E-state index in [2.05, 4.69) is 13.8 Å². The molecule has 0 radical (unpaired) electrons. The molecule has 0 aromatic heterocycles. The number of ether oxygens (including phenoxy) is 6. The van der Waals surface area contributed by atoms with Gasteiger partial charge in [0.05, 0.1) is 35.5 Å². The number of unbranched alkanes of at least 4 members (excludes halogenated alkanes) is 22. The minimum atomic E-state index is -0.576. The van der Waals surface area contributed by atoms with Gasteiger partial charge in [-0.15, -0.1) is 0 Å². The van der Waals surface area contributed by atoms with Crippen molar-refractivity contribution in [2.75, 3.05) is 13.2 Å². The van der Waals surface area contributed by atoms with Crippen LogP contribution < -0.4 is 28.4 Å². The van der Waals surface area contributed by atoms with Gasteiger partial charge in [-0.1, -0.05) is 179 Å². The summed E-state index contributed by atoms with van der Waals surface area (Å²) < 4.78 is 34.3. The molecule has 78 heavy (non-hydrogen) atoms. The fourth-order valence-electron chi connectivity index (χ4n) is 9.08. The van der Waals surface area contributed by atoms with E-state index in [1.165, 1.54) is 128 Å². The lowest BCUT2D eigenvalue weighted by molar-refractivity contribution is 0.0720. The van der Waals surface area contributed by atoms with E-state index in [4.69, 9.17) is 28.4 Å². The van der Waals surface area contributed by atoms with Crippen LogP contribution in [-0.2, 0) is 0 Å². The van der Waals surface area contributed by atoms with Crippen molar-refractivity contribution in [3.05, 3.63) is 168 Å². The predicted octanol–water partition coefficient (Wildman–Crippen LogP) is 18.4. The molecule has 0 bridgehead atoms. The molecule has 0 saturated carbocycles. The van der Waals surface area contributed by atoms with Gasteiger partial charge >= 0.3 is 23.9 Å². The van der Waals surface area contributed by atoms with Crippen molar-refractivity contribution in [1.29, 1.82) is 0 Å². The maximum Gasteiger partial charge on any atom is 0.343 e. The Labute approximate surface area is 464 Å². The van der Waals surface area contributed by atoms with Gasteiger partial charge in [0.25, 0.3) is 0 Å². The van der Waals surface area contributed by atoms with Crippen molar-refractivity contribution >= 4 is 23.9 Å². The Bertz CT molecular complexity index is 2660. The van der Waals surface area contributed by atoms with Crippen LogP contribution in [0.5, 0.6) is 34.5 Å². The summed E-state index contributed by atoms with van der Waals surface area (Å²) in [7, 11) is 0. The number of hydrogen-bond donors (Lipinski definition) is 0. The van der Waals surface area contributed by atoms with E-state index in [9.17, 15) is 19.2 Å². The van der Waals surface area contributed by atoms with Gasteiger partial charge < -0.3 is 28.4 Å². The number of hydrogen-bond acceptors (Lipinski definition) is 10. The average Bonchev–Trinajstić information content (AvgIpc) is 3.46. The SMILES string of the molecule is CCCCCCCCCCCCCCOc1ccc(C(=O)Oc2ccc(C(=O)Oc3ccc(-c4cccc(OC(=O)c5ccc(OC(=O)c6ccc(OCCCCCCCCCCCCCC)cc6)cc5)c4)cc3)cc2)cc1. The van der Waals surface area contributed by atoms with Crippen LogP contribution >= 0.6 is 0 Å². The van der Waals surface area contributed by atoms with Gasteiger partial charge in [0.2, 0.25) is 0 Å². The van der Waals surface area contributed by atoms with E-state index < -0.39 is 23.9 Å². The molecule has 10 heteroatoms. The maximum absolute atomic E-state index is 13.1. The highest BCUT2D eigenvalue weighted by molar-refractivity contribution is 5.94. The first-order chi connectivity index (χ1) is 38.3. The van der Waals surface area contributed by atoms with Crippen LogP contribution in [0.1, 0.15) is 209 Å². The highest BCUT2D eigenvalue weighted by Crippen LogP contribution is 2.28. The molecule has 0 N–H and O–H groups in total. The first-order valence-corrected chi connectivity index (χ1v) is 29.0. The van der Waals surface area contributed by atoms with Gasteiger partial charge in [0.15, 0.2) is 0 Å². The fourth-order valence-corrected chi connectivity index (χ4v) is 9.08. The Morgan fingerprint density at radius 1 is 0.269 bits per heavy atom. The van der Waals surface area contributed by atoms with Crippen LogP contribution in [-0.4, -0.2) is 37.1 Å². The number of esters is 4. The Hall–Kier alpha value is -7.20. The average molecular weight is 1060 g/mol. The summed E-state index contributed by atoms with van der Waals surface area (Å²) in [6.45, 7) is 5.81. The van der Waals surface area contributed by atoms with Crippen molar-refractivity contribution in [3.8, 4) is 45.6 Å². The number of carbonyl (C=O) groups is 4. The molecule has 0 saturated heterocycles. The molecule has 6 aromatic carbocycles. The third-order valence-electron chi connectivity index (χ3n) is 13.8. The quantitative estimate of drug-likeness (QED) is 0.0212. The standard InChI is InChI=1S/C68H82O10/c1-3-5-7-9-11-13-15-17-19-21-23-25-50-73-59-40-32-54(33-41-59)65(69)76-62-46-36-56(37-47-62)67(71)75-61-44-30-53(31-45-61)58-28-27-29-64(52-58)78-68(72)57-38-48-63(49-39-57)77-66(70)55-34-42-60(43-35-55)74-51-26-24-22-20-18-16-14-12-10-8-6-4-2/h27-49,52H,3-26,50-51H2,1-2H3. The second-order valence-corrected chi connectivity index (χ2v) is 20.2. The second-order valence-electron chi connectivity index (χ2n) is 20.2. The van der Waals surface area contributed by atoms with E-state index in [0.717, 1.165) is 36.8 Å². The zero-order chi connectivity index (χ0) is 54.8. The van der Waals surface area contributed by atoms with E-state index >= 15 is 0 Å². The molecule has 0 fully saturated rings. The summed E-state index contributed by atoms with van der Waals surface area (Å²) in [5, 5.41) is 0. The lowest BCUT2D eigenvalue weighted by Gasteiger charge is -2.10. The van der Waals surface area contributed by atoms with Gasteiger partial charge in [-0.3, -0.25) is 0 Å². The molecule has 0 amide bonds. The van der Waals surface area contributed by atoms with Crippen LogP contribution in [0.4, 0.5) is 0 Å². The summed E-state index contributed by atoms with van der Waals surface area (Å²) in [4.78, 5) is 51.9. The summed E-state index contributed by atoms with van der Waals surface area (Å²) in [6.07, 6.45) is 31.0. The maximum atomic E-state index is 13.1. The van der Waals surface area contributed by atoms with Gasteiger partial charge in [-0.05, 0) is 145 Å². The molecule has 414 valence electrons. The predicted molar refractivity (Wildman–Crippen MR) is 311 cm³/mol. The van der Waals surface area contributed by atoms with Crippen molar-refractivity contribution < 1.29 is 47.6 Å². The molecule has 0 heterocycles. The second kappa shape index (κ2) is 35.3. The van der Waals surface area contributed by atoms with Crippen molar-refractivity contribution in [2.45, 2.75) is 168 Å². The number of carbonyl (C=O) groups excluding carboxylic acids is 4. The molecule has 0 atom stereocenters. The first-order valence-electron chi connectivity index (χ1n) is 29.0. The van der Waals surface area contributed by atoms with E-state index in [0.29, 0.717) is 58.8 Å². The van der Waals surface area contributed by atoms with Crippen LogP contribution in [0.15, 0.2) is 146 Å². The van der Waals surface area contributed by atoms with Crippen LogP contribution in [0, 0.1) is 0 Å². The van der Waals surface area contributed by atoms with Gasteiger partial charge in [0, 0.05) is 0 Å². The third kappa shape index (κ3) is 22.4. The minimum Gasteiger partial charge on any atom is -0.494 e. The molecule has 6 aromatic rings. The lowest BCUT2D eigenvalue weighted by Crippen LogP contribution is -2.10. The monoisotopic (exact) mass is 1060 g/mol. The Kier molecular flexibility index (Phi) is 27.1. The smallest absolute Gasteiger partial charge is 0.343 e. The lowest BCUT2D eigenvalue weighted by atomic mass is 10.1. The summed E-state index contributed by atoms with van der Waals surface area (Å²) in [6, 6.07) is 40.2. The number of benzene rings is 6. The minimum absolute atomic E-state index is 0.281. The molecule has 6 rings (SSSR count). The normalized spacial score (nSPS) is 10.9. The third-order valence-corrected chi connectivity index (χ3v) is 13.8. The largest absolute Gasteiger partial charge is 0.494 e. The molecular weight excluding hydrogens is 977 g/mol. The van der Waals surface area contributed by atoms with Gasteiger partial charge in [0.1, 0.15) is 34.5 Å². The highest BCUT2D eigenvalue weighted by atomic mass is 16.5. The molecular formula is C68H82O10. The van der Waals surface area contributed by atoms with Crippen LogP contribution in [0.3, 0.4) is 0 Å². The molecule has 0 aliphatic heterocycles. The topological polar surface area (TPSA) is 124 Å². The first kappa shape index (κ1) is 60.0. The molecule has 0 unspecified atom stereocenters. The summed E-state index contributed by atoms with van der Waals surface area (Å²) in [5.41, 5.74) is 2.92. The fraction of sp³-hybridized carbons (Fsp3) is 0.412. The van der Waals surface area contributed by atoms with Crippen molar-refractivity contribution in [1.82, 2.24) is 0 Å². The van der Waals surface area contributed by atoms with Crippen molar-refractivity contribution in [2.24, 2.45) is 0 Å².